The lowest BCUT2D eigenvalue weighted by atomic mass is 10.1. The number of nitrogen functional groups attached to an aromatic ring is 1. The van der Waals surface area contributed by atoms with E-state index < -0.39 is 0 Å². The summed E-state index contributed by atoms with van der Waals surface area (Å²) < 4.78 is 1.12. The molecule has 2 nitrogen and oxygen atoms in total. The Morgan fingerprint density at radius 1 is 1.36 bits per heavy atom. The molecule has 0 unspecified atom stereocenters. The molecular formula is C8H11BrN2. The largest absolute Gasteiger partial charge is 0.324 e. The van der Waals surface area contributed by atoms with Crippen LogP contribution in [-0.2, 0) is 0 Å². The molecule has 3 heteroatoms. The van der Waals surface area contributed by atoms with Crippen LogP contribution in [0, 0.1) is 13.8 Å². The molecule has 0 amide bonds. The first-order valence-electron chi connectivity index (χ1n) is 3.39. The summed E-state index contributed by atoms with van der Waals surface area (Å²) in [6.07, 6.45) is 0. The van der Waals surface area contributed by atoms with Crippen molar-refractivity contribution in [3.63, 3.8) is 0 Å². The number of anilines is 1. The number of halogens is 1. The van der Waals surface area contributed by atoms with Crippen LogP contribution in [0.2, 0.25) is 0 Å². The van der Waals surface area contributed by atoms with Gasteiger partial charge in [0.05, 0.1) is 5.69 Å². The Morgan fingerprint density at radius 3 is 2.55 bits per heavy atom. The summed E-state index contributed by atoms with van der Waals surface area (Å²) >= 11 is 3.48. The average molecular weight is 215 g/mol. The Morgan fingerprint density at radius 2 is 2.00 bits per heavy atom. The smallest absolute Gasteiger partial charge is 0.0525 e. The first-order valence-corrected chi connectivity index (χ1v) is 4.18. The van der Waals surface area contributed by atoms with Gasteiger partial charge >= 0.3 is 0 Å². The Balaban J connectivity index is 3.25. The molecule has 0 atom stereocenters. The van der Waals surface area contributed by atoms with Crippen LogP contribution in [0.15, 0.2) is 16.6 Å². The predicted octanol–water partition coefficient (Wildman–Crippen LogP) is 2.35. The van der Waals surface area contributed by atoms with Gasteiger partial charge in [-0.3, -0.25) is 5.84 Å². The van der Waals surface area contributed by atoms with Crippen LogP contribution in [0.4, 0.5) is 5.69 Å². The maximum Gasteiger partial charge on any atom is 0.0525 e. The molecule has 60 valence electrons. The molecule has 0 saturated heterocycles. The zero-order chi connectivity index (χ0) is 8.43. The van der Waals surface area contributed by atoms with Crippen LogP contribution in [0.5, 0.6) is 0 Å². The van der Waals surface area contributed by atoms with E-state index in [9.17, 15) is 0 Å². The molecule has 0 aliphatic rings. The highest BCUT2D eigenvalue weighted by Gasteiger charge is 2.02. The molecule has 3 N–H and O–H groups in total. The first kappa shape index (κ1) is 8.56. The number of hydrogen-bond donors (Lipinski definition) is 2. The Labute approximate surface area is 74.9 Å². The van der Waals surface area contributed by atoms with Crippen molar-refractivity contribution in [1.82, 2.24) is 0 Å². The van der Waals surface area contributed by atoms with Gasteiger partial charge in [0.1, 0.15) is 0 Å². The van der Waals surface area contributed by atoms with E-state index in [-0.39, 0.29) is 0 Å². The molecule has 11 heavy (non-hydrogen) atoms. The minimum atomic E-state index is 0.961. The van der Waals surface area contributed by atoms with Crippen LogP contribution in [-0.4, -0.2) is 0 Å². The van der Waals surface area contributed by atoms with E-state index in [1.54, 1.807) is 0 Å². The molecule has 0 aromatic heterocycles. The fourth-order valence-electron chi connectivity index (χ4n) is 0.977. The van der Waals surface area contributed by atoms with Gasteiger partial charge in [0.2, 0.25) is 0 Å². The molecule has 1 aromatic rings. The molecule has 0 aliphatic carbocycles. The maximum atomic E-state index is 5.30. The second-order valence-corrected chi connectivity index (χ2v) is 3.31. The third kappa shape index (κ3) is 1.54. The van der Waals surface area contributed by atoms with E-state index in [2.05, 4.69) is 28.3 Å². The van der Waals surface area contributed by atoms with E-state index in [1.165, 1.54) is 5.56 Å². The van der Waals surface area contributed by atoms with E-state index in [1.807, 2.05) is 19.1 Å². The van der Waals surface area contributed by atoms with Crippen LogP contribution < -0.4 is 11.3 Å². The summed E-state index contributed by atoms with van der Waals surface area (Å²) in [5.41, 5.74) is 5.96. The van der Waals surface area contributed by atoms with Crippen molar-refractivity contribution in [1.29, 1.82) is 0 Å². The van der Waals surface area contributed by atoms with Gasteiger partial charge in [-0.05, 0) is 31.0 Å². The molecule has 0 fully saturated rings. The molecule has 0 heterocycles. The maximum absolute atomic E-state index is 5.30. The van der Waals surface area contributed by atoms with Crippen molar-refractivity contribution in [2.24, 2.45) is 5.84 Å². The van der Waals surface area contributed by atoms with Crippen molar-refractivity contribution in [3.8, 4) is 0 Å². The fourth-order valence-corrected chi connectivity index (χ4v) is 1.32. The topological polar surface area (TPSA) is 38.0 Å². The predicted molar refractivity (Wildman–Crippen MR) is 51.4 cm³/mol. The highest BCUT2D eigenvalue weighted by Crippen LogP contribution is 2.26. The summed E-state index contributed by atoms with van der Waals surface area (Å²) in [6.45, 7) is 4.07. The van der Waals surface area contributed by atoms with Gasteiger partial charge in [-0.25, -0.2) is 0 Å². The Kier molecular flexibility index (Phi) is 2.52. The normalized spacial score (nSPS) is 9.82. The fraction of sp³-hybridized carbons (Fsp3) is 0.250. The van der Waals surface area contributed by atoms with E-state index >= 15 is 0 Å². The van der Waals surface area contributed by atoms with E-state index in [0.29, 0.717) is 0 Å². The van der Waals surface area contributed by atoms with Crippen LogP contribution in [0.3, 0.4) is 0 Å². The van der Waals surface area contributed by atoms with Gasteiger partial charge < -0.3 is 5.43 Å². The Bertz CT molecular complexity index is 271. The van der Waals surface area contributed by atoms with E-state index in [0.717, 1.165) is 15.7 Å². The molecule has 0 aliphatic heterocycles. The standard InChI is InChI=1S/C8H11BrN2/c1-5-3-4-7(11-10)6(2)8(5)9/h3-4,11H,10H2,1-2H3. The molecule has 0 saturated carbocycles. The van der Waals surface area contributed by atoms with Gasteiger partial charge in [-0.1, -0.05) is 22.0 Å². The number of rotatable bonds is 1. The lowest BCUT2D eigenvalue weighted by molar-refractivity contribution is 1.27. The molecule has 1 rings (SSSR count). The van der Waals surface area contributed by atoms with Crippen LogP contribution in [0.25, 0.3) is 0 Å². The van der Waals surface area contributed by atoms with E-state index in [4.69, 9.17) is 5.84 Å². The second-order valence-electron chi connectivity index (χ2n) is 2.51. The Hall–Kier alpha value is -0.540. The monoisotopic (exact) mass is 214 g/mol. The molecular weight excluding hydrogens is 204 g/mol. The summed E-state index contributed by atoms with van der Waals surface area (Å²) in [4.78, 5) is 0. The SMILES string of the molecule is Cc1ccc(NN)c(C)c1Br. The van der Waals surface area contributed by atoms with Gasteiger partial charge in [-0.2, -0.15) is 0 Å². The lowest BCUT2D eigenvalue weighted by Crippen LogP contribution is -2.08. The molecule has 0 bridgehead atoms. The summed E-state index contributed by atoms with van der Waals surface area (Å²) in [5.74, 6) is 5.30. The number of nitrogens with two attached hydrogens (primary N) is 1. The van der Waals surface area contributed by atoms with Gasteiger partial charge in [0.15, 0.2) is 0 Å². The zero-order valence-electron chi connectivity index (χ0n) is 6.61. The minimum Gasteiger partial charge on any atom is -0.324 e. The van der Waals surface area contributed by atoms with Crippen LogP contribution in [0.1, 0.15) is 11.1 Å². The van der Waals surface area contributed by atoms with Crippen molar-refractivity contribution < 1.29 is 0 Å². The number of hydrogen-bond acceptors (Lipinski definition) is 2. The van der Waals surface area contributed by atoms with Crippen molar-refractivity contribution in [2.45, 2.75) is 13.8 Å². The minimum absolute atomic E-state index is 0.961. The number of aryl methyl sites for hydroxylation is 1. The summed E-state index contributed by atoms with van der Waals surface area (Å²) in [5, 5.41) is 0. The molecule has 1 aromatic carbocycles. The third-order valence-electron chi connectivity index (χ3n) is 1.73. The highest BCUT2D eigenvalue weighted by molar-refractivity contribution is 9.10. The van der Waals surface area contributed by atoms with Crippen LogP contribution >= 0.6 is 15.9 Å². The second kappa shape index (κ2) is 3.24. The quantitative estimate of drug-likeness (QED) is 0.557. The highest BCUT2D eigenvalue weighted by atomic mass is 79.9. The third-order valence-corrected chi connectivity index (χ3v) is 2.96. The lowest BCUT2D eigenvalue weighted by Gasteiger charge is -2.08. The van der Waals surface area contributed by atoms with Gasteiger partial charge in [-0.15, -0.1) is 0 Å². The molecule has 0 radical (unpaired) electrons. The van der Waals surface area contributed by atoms with Crippen molar-refractivity contribution in [2.75, 3.05) is 5.43 Å². The van der Waals surface area contributed by atoms with Crippen molar-refractivity contribution >= 4 is 21.6 Å². The number of benzene rings is 1. The summed E-state index contributed by atoms with van der Waals surface area (Å²) in [7, 11) is 0. The number of nitrogens with one attached hydrogen (secondary N) is 1. The summed E-state index contributed by atoms with van der Waals surface area (Å²) in [6, 6.07) is 3.99. The van der Waals surface area contributed by atoms with Gasteiger partial charge in [0.25, 0.3) is 0 Å². The van der Waals surface area contributed by atoms with Gasteiger partial charge in [0, 0.05) is 4.47 Å². The van der Waals surface area contributed by atoms with Crippen molar-refractivity contribution in [3.05, 3.63) is 27.7 Å². The average Bonchev–Trinajstić information content (AvgIpc) is 2.01. The first-order chi connectivity index (χ1) is 5.16. The number of hydrazine groups is 1. The zero-order valence-corrected chi connectivity index (χ0v) is 8.20. The molecule has 0 spiro atoms.